The van der Waals surface area contributed by atoms with Gasteiger partial charge in [-0.05, 0) is 18.1 Å². The standard InChI is InChI=1S/C12H25NO5Si/c1-12(2,3)19(4,5)18-11(17)9-13(6-7-14)8-10(15)16/h14H,6-9H2,1-5H3,(H,15,16). The Morgan fingerprint density at radius 1 is 1.21 bits per heavy atom. The fourth-order valence-corrected chi connectivity index (χ4v) is 2.14. The quantitative estimate of drug-likeness (QED) is 0.678. The second kappa shape index (κ2) is 7.02. The van der Waals surface area contributed by atoms with Crippen molar-refractivity contribution in [3.8, 4) is 0 Å². The van der Waals surface area contributed by atoms with E-state index in [1.54, 1.807) is 0 Å². The van der Waals surface area contributed by atoms with Crippen molar-refractivity contribution < 1.29 is 24.2 Å². The summed E-state index contributed by atoms with van der Waals surface area (Å²) in [6.45, 7) is 9.53. The van der Waals surface area contributed by atoms with Crippen LogP contribution in [0.15, 0.2) is 0 Å². The number of nitrogens with zero attached hydrogens (tertiary/aromatic N) is 1. The lowest BCUT2D eigenvalue weighted by molar-refractivity contribution is -0.141. The highest BCUT2D eigenvalue weighted by molar-refractivity contribution is 6.75. The van der Waals surface area contributed by atoms with Gasteiger partial charge in [0.2, 0.25) is 0 Å². The molecule has 0 aliphatic carbocycles. The van der Waals surface area contributed by atoms with E-state index in [0.717, 1.165) is 0 Å². The van der Waals surface area contributed by atoms with Gasteiger partial charge in [0.15, 0.2) is 0 Å². The second-order valence-electron chi connectivity index (χ2n) is 6.06. The molecular weight excluding hydrogens is 266 g/mol. The zero-order valence-electron chi connectivity index (χ0n) is 12.4. The van der Waals surface area contributed by atoms with E-state index in [2.05, 4.69) is 0 Å². The Balaban J connectivity index is 4.53. The molecular formula is C12H25NO5Si. The predicted molar refractivity (Wildman–Crippen MR) is 74.5 cm³/mol. The largest absolute Gasteiger partial charge is 0.518 e. The van der Waals surface area contributed by atoms with E-state index in [4.69, 9.17) is 14.6 Å². The Labute approximate surface area is 115 Å². The highest BCUT2D eigenvalue weighted by Crippen LogP contribution is 2.36. The molecule has 0 radical (unpaired) electrons. The molecule has 6 nitrogen and oxygen atoms in total. The van der Waals surface area contributed by atoms with Crippen molar-refractivity contribution in [2.75, 3.05) is 26.2 Å². The summed E-state index contributed by atoms with van der Waals surface area (Å²) in [6, 6.07) is 0. The molecule has 2 N–H and O–H groups in total. The Morgan fingerprint density at radius 3 is 2.11 bits per heavy atom. The third kappa shape index (κ3) is 6.70. The average molecular weight is 291 g/mol. The number of hydrogen-bond donors (Lipinski definition) is 2. The van der Waals surface area contributed by atoms with Gasteiger partial charge >= 0.3 is 11.9 Å². The monoisotopic (exact) mass is 291 g/mol. The molecule has 0 fully saturated rings. The maximum Gasteiger partial charge on any atom is 0.317 e. The van der Waals surface area contributed by atoms with Gasteiger partial charge in [0.1, 0.15) is 0 Å². The molecule has 0 unspecified atom stereocenters. The summed E-state index contributed by atoms with van der Waals surface area (Å²) in [5.41, 5.74) is 0. The predicted octanol–water partition coefficient (Wildman–Crippen LogP) is 0.914. The number of aliphatic hydroxyl groups is 1. The number of rotatable bonds is 7. The van der Waals surface area contributed by atoms with Crippen LogP contribution in [-0.4, -0.2) is 61.6 Å². The van der Waals surface area contributed by atoms with E-state index in [1.807, 2.05) is 33.9 Å². The van der Waals surface area contributed by atoms with Gasteiger partial charge in [0.05, 0.1) is 19.7 Å². The third-order valence-electron chi connectivity index (χ3n) is 3.30. The van der Waals surface area contributed by atoms with Gasteiger partial charge in [-0.15, -0.1) is 0 Å². The van der Waals surface area contributed by atoms with E-state index in [1.165, 1.54) is 4.90 Å². The lowest BCUT2D eigenvalue weighted by Crippen LogP contribution is -2.46. The van der Waals surface area contributed by atoms with Gasteiger partial charge in [0.25, 0.3) is 8.32 Å². The van der Waals surface area contributed by atoms with Crippen LogP contribution in [0.4, 0.5) is 0 Å². The molecule has 19 heavy (non-hydrogen) atoms. The van der Waals surface area contributed by atoms with Gasteiger partial charge in [-0.1, -0.05) is 20.8 Å². The summed E-state index contributed by atoms with van der Waals surface area (Å²) in [7, 11) is -2.18. The van der Waals surface area contributed by atoms with E-state index in [0.29, 0.717) is 0 Å². The molecule has 0 saturated heterocycles. The van der Waals surface area contributed by atoms with Crippen LogP contribution >= 0.6 is 0 Å². The smallest absolute Gasteiger partial charge is 0.317 e. The number of carboxylic acids is 1. The molecule has 0 rings (SSSR count). The minimum atomic E-state index is -2.18. The fourth-order valence-electron chi connectivity index (χ4n) is 1.20. The van der Waals surface area contributed by atoms with Crippen LogP contribution < -0.4 is 0 Å². The first-order valence-corrected chi connectivity index (χ1v) is 9.17. The van der Waals surface area contributed by atoms with Crippen molar-refractivity contribution in [3.63, 3.8) is 0 Å². The molecule has 7 heteroatoms. The number of carbonyl (C=O) groups is 2. The first-order chi connectivity index (χ1) is 8.49. The summed E-state index contributed by atoms with van der Waals surface area (Å²) >= 11 is 0. The maximum absolute atomic E-state index is 11.9. The first-order valence-electron chi connectivity index (χ1n) is 6.26. The topological polar surface area (TPSA) is 87.1 Å². The highest BCUT2D eigenvalue weighted by Gasteiger charge is 2.40. The number of hydrogen-bond acceptors (Lipinski definition) is 5. The highest BCUT2D eigenvalue weighted by atomic mass is 28.4. The summed E-state index contributed by atoms with van der Waals surface area (Å²) < 4.78 is 5.54. The van der Waals surface area contributed by atoms with Gasteiger partial charge in [-0.25, -0.2) is 0 Å². The molecule has 0 aromatic carbocycles. The fraction of sp³-hybridized carbons (Fsp3) is 0.833. The summed E-state index contributed by atoms with van der Waals surface area (Å²) in [4.78, 5) is 23.9. The molecule has 0 aromatic rings. The molecule has 0 saturated carbocycles. The molecule has 0 bridgehead atoms. The van der Waals surface area contributed by atoms with Crippen LogP contribution in [0.25, 0.3) is 0 Å². The minimum absolute atomic E-state index is 0.0860. The molecule has 0 aromatic heterocycles. The lowest BCUT2D eigenvalue weighted by Gasteiger charge is -2.36. The SMILES string of the molecule is CC(C)(C)[Si](C)(C)OC(=O)CN(CCO)CC(=O)O. The van der Waals surface area contributed by atoms with E-state index < -0.39 is 20.3 Å². The third-order valence-corrected chi connectivity index (χ3v) is 7.65. The summed E-state index contributed by atoms with van der Waals surface area (Å²) in [5.74, 6) is -1.46. The minimum Gasteiger partial charge on any atom is -0.518 e. The molecule has 0 heterocycles. The van der Waals surface area contributed by atoms with Crippen LogP contribution in [0, 0.1) is 0 Å². The molecule has 112 valence electrons. The summed E-state index contributed by atoms with van der Waals surface area (Å²) in [6.07, 6.45) is 0. The molecule has 0 aliphatic heterocycles. The Hall–Kier alpha value is -0.923. The molecule has 0 atom stereocenters. The van der Waals surface area contributed by atoms with Crippen LogP contribution in [-0.2, 0) is 14.0 Å². The lowest BCUT2D eigenvalue weighted by atomic mass is 10.2. The molecule has 0 spiro atoms. The normalized spacial score (nSPS) is 12.6. The van der Waals surface area contributed by atoms with Crippen molar-refractivity contribution in [2.24, 2.45) is 0 Å². The van der Waals surface area contributed by atoms with E-state index in [-0.39, 0.29) is 31.3 Å². The van der Waals surface area contributed by atoms with Crippen molar-refractivity contribution in [1.29, 1.82) is 0 Å². The van der Waals surface area contributed by atoms with E-state index >= 15 is 0 Å². The van der Waals surface area contributed by atoms with Gasteiger partial charge < -0.3 is 14.6 Å². The number of aliphatic carboxylic acids is 1. The first kappa shape index (κ1) is 18.1. The zero-order chi connectivity index (χ0) is 15.3. The Morgan fingerprint density at radius 2 is 1.74 bits per heavy atom. The zero-order valence-corrected chi connectivity index (χ0v) is 13.4. The van der Waals surface area contributed by atoms with Crippen molar-refractivity contribution in [1.82, 2.24) is 4.90 Å². The molecule has 0 amide bonds. The number of carbonyl (C=O) groups excluding carboxylic acids is 1. The van der Waals surface area contributed by atoms with Crippen LogP contribution in [0.2, 0.25) is 18.1 Å². The van der Waals surface area contributed by atoms with Crippen LogP contribution in [0.5, 0.6) is 0 Å². The summed E-state index contributed by atoms with van der Waals surface area (Å²) in [5, 5.41) is 17.5. The van der Waals surface area contributed by atoms with Crippen molar-refractivity contribution >= 4 is 20.3 Å². The van der Waals surface area contributed by atoms with Crippen molar-refractivity contribution in [3.05, 3.63) is 0 Å². The van der Waals surface area contributed by atoms with E-state index in [9.17, 15) is 9.59 Å². The number of aliphatic hydroxyl groups excluding tert-OH is 1. The van der Waals surface area contributed by atoms with Crippen LogP contribution in [0.3, 0.4) is 0 Å². The van der Waals surface area contributed by atoms with Gasteiger partial charge in [-0.2, -0.15) is 0 Å². The molecule has 0 aliphatic rings. The maximum atomic E-state index is 11.9. The van der Waals surface area contributed by atoms with Crippen LogP contribution in [0.1, 0.15) is 20.8 Å². The Bertz CT molecular complexity index is 325. The van der Waals surface area contributed by atoms with Gasteiger partial charge in [0, 0.05) is 6.54 Å². The number of carboxylic acid groups (broad SMARTS) is 1. The van der Waals surface area contributed by atoms with Gasteiger partial charge in [-0.3, -0.25) is 14.5 Å². The second-order valence-corrected chi connectivity index (χ2v) is 10.8. The average Bonchev–Trinajstić information content (AvgIpc) is 2.13. The van der Waals surface area contributed by atoms with Crippen molar-refractivity contribution in [2.45, 2.75) is 38.9 Å². The Kier molecular flexibility index (Phi) is 6.68.